The topological polar surface area (TPSA) is 58.2 Å². The van der Waals surface area contributed by atoms with Crippen LogP contribution in [0.3, 0.4) is 0 Å². The molecular weight excluding hydrogens is 352 g/mol. The van der Waals surface area contributed by atoms with E-state index < -0.39 is 10.0 Å². The van der Waals surface area contributed by atoms with E-state index in [0.717, 1.165) is 34.3 Å². The average molecular weight is 367 g/mol. The smallest absolute Gasteiger partial charge is 0.262 e. The minimum atomic E-state index is -3.59. The maximum atomic E-state index is 12.5. The van der Waals surface area contributed by atoms with Crippen molar-refractivity contribution < 1.29 is 8.42 Å². The molecule has 3 rings (SSSR count). The summed E-state index contributed by atoms with van der Waals surface area (Å²) in [5, 5.41) is 3.20. The number of fused-ring (bicyclic) bond motifs is 1. The molecule has 0 atom stereocenters. The molecular formula is C15H15BrN2O2S. The van der Waals surface area contributed by atoms with Gasteiger partial charge < -0.3 is 5.32 Å². The van der Waals surface area contributed by atoms with Gasteiger partial charge in [0.2, 0.25) is 0 Å². The summed E-state index contributed by atoms with van der Waals surface area (Å²) in [6.07, 6.45) is 0.937. The van der Waals surface area contributed by atoms with Gasteiger partial charge in [-0.1, -0.05) is 18.2 Å². The fourth-order valence-electron chi connectivity index (χ4n) is 2.37. The second-order valence-corrected chi connectivity index (χ2v) is 7.51. The molecule has 0 spiro atoms. The monoisotopic (exact) mass is 366 g/mol. The summed E-state index contributed by atoms with van der Waals surface area (Å²) in [5.74, 6) is 0. The highest BCUT2D eigenvalue weighted by Crippen LogP contribution is 2.30. The van der Waals surface area contributed by atoms with Gasteiger partial charge in [0.25, 0.3) is 10.0 Å². The Kier molecular flexibility index (Phi) is 3.67. The van der Waals surface area contributed by atoms with Gasteiger partial charge in [-0.3, -0.25) is 4.72 Å². The number of anilines is 2. The number of hydrogen-bond acceptors (Lipinski definition) is 3. The Bertz CT molecular complexity index is 803. The van der Waals surface area contributed by atoms with Gasteiger partial charge in [-0.15, -0.1) is 0 Å². The van der Waals surface area contributed by atoms with Crippen LogP contribution in [0.1, 0.15) is 11.1 Å². The van der Waals surface area contributed by atoms with Crippen molar-refractivity contribution >= 4 is 37.3 Å². The first-order chi connectivity index (χ1) is 9.97. The highest BCUT2D eigenvalue weighted by molar-refractivity contribution is 9.10. The Hall–Kier alpha value is -1.53. The van der Waals surface area contributed by atoms with Crippen molar-refractivity contribution in [2.75, 3.05) is 16.6 Å². The molecule has 2 aromatic rings. The van der Waals surface area contributed by atoms with Crippen molar-refractivity contribution in [3.8, 4) is 0 Å². The number of nitrogens with one attached hydrogen (secondary N) is 2. The Balaban J connectivity index is 1.96. The van der Waals surface area contributed by atoms with Crippen LogP contribution in [0.25, 0.3) is 0 Å². The Labute approximate surface area is 132 Å². The third kappa shape index (κ3) is 2.78. The molecule has 21 heavy (non-hydrogen) atoms. The molecule has 4 nitrogen and oxygen atoms in total. The average Bonchev–Trinajstić information content (AvgIpc) is 2.91. The van der Waals surface area contributed by atoms with E-state index in [4.69, 9.17) is 0 Å². The van der Waals surface area contributed by atoms with E-state index in [1.54, 1.807) is 18.2 Å². The predicted molar refractivity (Wildman–Crippen MR) is 88.3 cm³/mol. The molecule has 1 heterocycles. The lowest BCUT2D eigenvalue weighted by Crippen LogP contribution is -2.13. The summed E-state index contributed by atoms with van der Waals surface area (Å²) in [4.78, 5) is 0.268. The summed E-state index contributed by atoms with van der Waals surface area (Å²) in [5.41, 5.74) is 3.58. The van der Waals surface area contributed by atoms with Crippen molar-refractivity contribution in [2.24, 2.45) is 0 Å². The van der Waals surface area contributed by atoms with E-state index in [2.05, 4.69) is 26.0 Å². The highest BCUT2D eigenvalue weighted by atomic mass is 79.9. The molecule has 2 aromatic carbocycles. The van der Waals surface area contributed by atoms with E-state index in [1.807, 2.05) is 25.1 Å². The van der Waals surface area contributed by atoms with E-state index in [1.165, 1.54) is 0 Å². The second-order valence-electron chi connectivity index (χ2n) is 5.04. The Morgan fingerprint density at radius 1 is 1.24 bits per heavy atom. The van der Waals surface area contributed by atoms with Crippen LogP contribution in [0.4, 0.5) is 11.4 Å². The first-order valence-corrected chi connectivity index (χ1v) is 8.90. The van der Waals surface area contributed by atoms with E-state index in [0.29, 0.717) is 5.69 Å². The molecule has 0 saturated heterocycles. The molecule has 110 valence electrons. The van der Waals surface area contributed by atoms with Gasteiger partial charge in [0.15, 0.2) is 0 Å². The molecule has 0 saturated carbocycles. The van der Waals surface area contributed by atoms with Gasteiger partial charge >= 0.3 is 0 Å². The summed E-state index contributed by atoms with van der Waals surface area (Å²) in [6, 6.07) is 10.7. The lowest BCUT2D eigenvalue weighted by molar-refractivity contribution is 0.601. The zero-order valence-electron chi connectivity index (χ0n) is 11.5. The molecule has 0 amide bonds. The standard InChI is InChI=1S/C15H15BrN2O2S/c1-10-3-2-4-13(15(10)16)18-21(19,20)12-6-5-11-7-8-17-14(11)9-12/h2-6,9,17-18H,7-8H2,1H3. The lowest BCUT2D eigenvalue weighted by Gasteiger charge is -2.12. The molecule has 0 aromatic heterocycles. The van der Waals surface area contributed by atoms with Crippen LogP contribution in [0, 0.1) is 6.92 Å². The van der Waals surface area contributed by atoms with Crippen molar-refractivity contribution in [2.45, 2.75) is 18.2 Å². The van der Waals surface area contributed by atoms with Crippen LogP contribution < -0.4 is 10.0 Å². The summed E-state index contributed by atoms with van der Waals surface area (Å²) < 4.78 is 28.4. The summed E-state index contributed by atoms with van der Waals surface area (Å²) in [7, 11) is -3.59. The molecule has 0 fully saturated rings. The van der Waals surface area contributed by atoms with Gasteiger partial charge in [0, 0.05) is 16.7 Å². The molecule has 0 unspecified atom stereocenters. The fourth-order valence-corrected chi connectivity index (χ4v) is 3.96. The molecule has 6 heteroatoms. The van der Waals surface area contributed by atoms with E-state index in [9.17, 15) is 8.42 Å². The number of benzene rings is 2. The van der Waals surface area contributed by atoms with Crippen molar-refractivity contribution in [1.29, 1.82) is 0 Å². The molecule has 0 aliphatic carbocycles. The van der Waals surface area contributed by atoms with Gasteiger partial charge in [-0.2, -0.15) is 0 Å². The maximum absolute atomic E-state index is 12.5. The van der Waals surface area contributed by atoms with Crippen LogP contribution in [0.5, 0.6) is 0 Å². The number of aryl methyl sites for hydroxylation is 1. The Morgan fingerprint density at radius 2 is 2.05 bits per heavy atom. The zero-order chi connectivity index (χ0) is 15.0. The number of rotatable bonds is 3. The molecule has 1 aliphatic rings. The molecule has 0 radical (unpaired) electrons. The number of hydrogen-bond donors (Lipinski definition) is 2. The van der Waals surface area contributed by atoms with Crippen LogP contribution in [0.2, 0.25) is 0 Å². The fraction of sp³-hybridized carbons (Fsp3) is 0.200. The van der Waals surface area contributed by atoms with Crippen LogP contribution in [-0.2, 0) is 16.4 Å². The van der Waals surface area contributed by atoms with Crippen LogP contribution in [-0.4, -0.2) is 15.0 Å². The third-order valence-corrected chi connectivity index (χ3v) is 5.95. The minimum Gasteiger partial charge on any atom is -0.384 e. The van der Waals surface area contributed by atoms with Gasteiger partial charge in [-0.25, -0.2) is 8.42 Å². The number of sulfonamides is 1. The van der Waals surface area contributed by atoms with Crippen molar-refractivity contribution in [3.05, 3.63) is 52.0 Å². The normalized spacial score (nSPS) is 13.6. The molecule has 1 aliphatic heterocycles. The summed E-state index contributed by atoms with van der Waals surface area (Å²) >= 11 is 3.42. The second kappa shape index (κ2) is 5.35. The van der Waals surface area contributed by atoms with Crippen molar-refractivity contribution in [1.82, 2.24) is 0 Å². The number of halogens is 1. The van der Waals surface area contributed by atoms with Gasteiger partial charge in [0.1, 0.15) is 0 Å². The first kappa shape index (κ1) is 14.4. The highest BCUT2D eigenvalue weighted by Gasteiger charge is 2.19. The van der Waals surface area contributed by atoms with Crippen LogP contribution >= 0.6 is 15.9 Å². The Morgan fingerprint density at radius 3 is 2.86 bits per heavy atom. The van der Waals surface area contributed by atoms with E-state index >= 15 is 0 Å². The quantitative estimate of drug-likeness (QED) is 0.873. The van der Waals surface area contributed by atoms with Gasteiger partial charge in [0.05, 0.1) is 10.6 Å². The maximum Gasteiger partial charge on any atom is 0.262 e. The zero-order valence-corrected chi connectivity index (χ0v) is 13.9. The van der Waals surface area contributed by atoms with Crippen molar-refractivity contribution in [3.63, 3.8) is 0 Å². The largest absolute Gasteiger partial charge is 0.384 e. The molecule has 2 N–H and O–H groups in total. The predicted octanol–water partition coefficient (Wildman–Crippen LogP) is 3.53. The first-order valence-electron chi connectivity index (χ1n) is 6.62. The summed E-state index contributed by atoms with van der Waals surface area (Å²) in [6.45, 7) is 2.77. The molecule has 0 bridgehead atoms. The van der Waals surface area contributed by atoms with Crippen LogP contribution in [0.15, 0.2) is 45.8 Å². The lowest BCUT2D eigenvalue weighted by atomic mass is 10.2. The van der Waals surface area contributed by atoms with E-state index in [-0.39, 0.29) is 4.90 Å². The minimum absolute atomic E-state index is 0.268. The third-order valence-electron chi connectivity index (χ3n) is 3.54. The SMILES string of the molecule is Cc1cccc(NS(=O)(=O)c2ccc3c(c2)NCC3)c1Br. The van der Waals surface area contributed by atoms with Gasteiger partial charge in [-0.05, 0) is 58.6 Å².